The molecule has 1 fully saturated rings. The molecule has 3 rings (SSSR count). The molecule has 1 N–H and O–H groups in total. The molecule has 0 spiro atoms. The number of aromatic nitrogens is 1. The highest BCUT2D eigenvalue weighted by Gasteiger charge is 2.18. The molecule has 6 heteroatoms. The second-order valence-corrected chi connectivity index (χ2v) is 6.44. The Kier molecular flexibility index (Phi) is 4.99. The summed E-state index contributed by atoms with van der Waals surface area (Å²) in [6.07, 6.45) is 6.07. The molecule has 0 aliphatic heterocycles. The molecule has 1 amide bonds. The predicted octanol–water partition coefficient (Wildman–Crippen LogP) is 3.36. The maximum atomic E-state index is 12.0. The van der Waals surface area contributed by atoms with Crippen LogP contribution in [0.2, 0.25) is 0 Å². The van der Waals surface area contributed by atoms with Crippen molar-refractivity contribution in [1.82, 2.24) is 10.3 Å². The fourth-order valence-corrected chi connectivity index (χ4v) is 3.45. The molecule has 1 saturated carbocycles. The van der Waals surface area contributed by atoms with E-state index < -0.39 is 0 Å². The summed E-state index contributed by atoms with van der Waals surface area (Å²) in [6.45, 7) is 0. The number of carbonyl (C=O) groups excluding carboxylic acids is 1. The van der Waals surface area contributed by atoms with E-state index in [9.17, 15) is 10.1 Å². The zero-order valence-corrected chi connectivity index (χ0v) is 13.4. The minimum Gasteiger partial charge on any atom is -0.463 e. The first kappa shape index (κ1) is 15.6. The van der Waals surface area contributed by atoms with Crippen molar-refractivity contribution in [2.45, 2.75) is 36.8 Å². The van der Waals surface area contributed by atoms with Gasteiger partial charge in [0.1, 0.15) is 16.8 Å². The Morgan fingerprint density at radius 1 is 1.39 bits per heavy atom. The van der Waals surface area contributed by atoms with Gasteiger partial charge >= 0.3 is 0 Å². The third-order valence-electron chi connectivity index (χ3n) is 3.81. The third kappa shape index (κ3) is 3.93. The van der Waals surface area contributed by atoms with Gasteiger partial charge in [-0.25, -0.2) is 4.98 Å². The van der Waals surface area contributed by atoms with Gasteiger partial charge in [0.15, 0.2) is 5.76 Å². The van der Waals surface area contributed by atoms with Gasteiger partial charge in [0, 0.05) is 6.04 Å². The Balaban J connectivity index is 1.67. The Morgan fingerprint density at radius 2 is 2.22 bits per heavy atom. The first-order chi connectivity index (χ1) is 11.3. The van der Waals surface area contributed by atoms with Gasteiger partial charge in [-0.05, 0) is 37.1 Å². The van der Waals surface area contributed by atoms with Crippen LogP contribution in [0.3, 0.4) is 0 Å². The third-order valence-corrected chi connectivity index (χ3v) is 4.81. The summed E-state index contributed by atoms with van der Waals surface area (Å²) in [5, 5.41) is 12.8. The number of nitrogens with zero attached hydrogens (tertiary/aromatic N) is 2. The van der Waals surface area contributed by atoms with Gasteiger partial charge in [-0.3, -0.25) is 4.79 Å². The summed E-state index contributed by atoms with van der Waals surface area (Å²) in [7, 11) is 0. The van der Waals surface area contributed by atoms with Gasteiger partial charge in [0.05, 0.1) is 17.6 Å². The fraction of sp³-hybridized carbons (Fsp3) is 0.353. The van der Waals surface area contributed by atoms with Crippen molar-refractivity contribution in [2.24, 2.45) is 0 Å². The zero-order chi connectivity index (χ0) is 16.1. The smallest absolute Gasteiger partial charge is 0.230 e. The van der Waals surface area contributed by atoms with E-state index in [0.717, 1.165) is 12.8 Å². The number of nitrogens with one attached hydrogen (secondary N) is 1. The van der Waals surface area contributed by atoms with E-state index in [4.69, 9.17) is 4.42 Å². The van der Waals surface area contributed by atoms with Gasteiger partial charge in [-0.15, -0.1) is 0 Å². The Hall–Kier alpha value is -2.26. The average molecular weight is 327 g/mol. The minimum absolute atomic E-state index is 0.00371. The molecule has 0 saturated heterocycles. The monoisotopic (exact) mass is 327 g/mol. The summed E-state index contributed by atoms with van der Waals surface area (Å²) < 4.78 is 5.33. The first-order valence-electron chi connectivity index (χ1n) is 7.63. The van der Waals surface area contributed by atoms with Crippen LogP contribution in [-0.4, -0.2) is 22.7 Å². The van der Waals surface area contributed by atoms with Crippen molar-refractivity contribution in [3.63, 3.8) is 0 Å². The van der Waals surface area contributed by atoms with E-state index >= 15 is 0 Å². The quantitative estimate of drug-likeness (QED) is 0.852. The van der Waals surface area contributed by atoms with E-state index in [2.05, 4.69) is 16.4 Å². The van der Waals surface area contributed by atoms with E-state index in [-0.39, 0.29) is 11.7 Å². The van der Waals surface area contributed by atoms with Crippen LogP contribution >= 0.6 is 11.8 Å². The van der Waals surface area contributed by atoms with Crippen LogP contribution in [0.5, 0.6) is 0 Å². The average Bonchev–Trinajstić information content (AvgIpc) is 3.26. The second-order valence-electron chi connectivity index (χ2n) is 5.48. The van der Waals surface area contributed by atoms with Gasteiger partial charge in [0.2, 0.25) is 5.91 Å². The summed E-state index contributed by atoms with van der Waals surface area (Å²) in [4.78, 5) is 16.5. The number of amides is 1. The highest BCUT2D eigenvalue weighted by molar-refractivity contribution is 8.00. The molecule has 2 aromatic rings. The standard InChI is InChI=1S/C17H17N3O2S/c18-10-12-7-8-14(15-6-3-9-22-15)20-17(12)23-11-16(21)19-13-4-1-2-5-13/h3,6-9,13H,1-2,4-5,11H2,(H,19,21). The zero-order valence-electron chi connectivity index (χ0n) is 12.6. The number of furan rings is 1. The van der Waals surface area contributed by atoms with Crippen LogP contribution in [-0.2, 0) is 4.79 Å². The molecule has 0 radical (unpaired) electrons. The van der Waals surface area contributed by atoms with Crippen LogP contribution in [0.15, 0.2) is 40.0 Å². The number of carbonyl (C=O) groups is 1. The Bertz CT molecular complexity index is 716. The topological polar surface area (TPSA) is 78.9 Å². The number of rotatable bonds is 5. The molecule has 1 aliphatic carbocycles. The molecule has 1 aliphatic rings. The molecule has 0 aromatic carbocycles. The van der Waals surface area contributed by atoms with Crippen LogP contribution < -0.4 is 5.32 Å². The van der Waals surface area contributed by atoms with Gasteiger partial charge in [0.25, 0.3) is 0 Å². The Labute approximate surface area is 139 Å². The molecular weight excluding hydrogens is 310 g/mol. The fourth-order valence-electron chi connectivity index (χ4n) is 2.67. The van der Waals surface area contributed by atoms with Crippen molar-refractivity contribution < 1.29 is 9.21 Å². The van der Waals surface area contributed by atoms with Crippen LogP contribution in [0.25, 0.3) is 11.5 Å². The number of hydrogen-bond acceptors (Lipinski definition) is 5. The largest absolute Gasteiger partial charge is 0.463 e. The highest BCUT2D eigenvalue weighted by Crippen LogP contribution is 2.25. The molecule has 0 atom stereocenters. The lowest BCUT2D eigenvalue weighted by atomic mass is 10.2. The SMILES string of the molecule is N#Cc1ccc(-c2ccco2)nc1SCC(=O)NC1CCCC1. The first-order valence-corrected chi connectivity index (χ1v) is 8.62. The van der Waals surface area contributed by atoms with Gasteiger partial charge < -0.3 is 9.73 Å². The predicted molar refractivity (Wildman–Crippen MR) is 87.8 cm³/mol. The number of thioether (sulfide) groups is 1. The molecule has 2 heterocycles. The molecular formula is C17H17N3O2S. The second kappa shape index (κ2) is 7.34. The van der Waals surface area contributed by atoms with E-state index in [1.165, 1.54) is 24.6 Å². The number of nitriles is 1. The van der Waals surface area contributed by atoms with Crippen molar-refractivity contribution in [3.05, 3.63) is 36.1 Å². The summed E-state index contributed by atoms with van der Waals surface area (Å²) in [5.74, 6) is 0.905. The lowest BCUT2D eigenvalue weighted by molar-refractivity contribution is -0.119. The van der Waals surface area contributed by atoms with Crippen LogP contribution in [0.4, 0.5) is 0 Å². The molecule has 23 heavy (non-hydrogen) atoms. The van der Waals surface area contributed by atoms with Crippen molar-refractivity contribution in [1.29, 1.82) is 5.26 Å². The summed E-state index contributed by atoms with van der Waals surface area (Å²) >= 11 is 1.29. The van der Waals surface area contributed by atoms with Gasteiger partial charge in [-0.1, -0.05) is 24.6 Å². The highest BCUT2D eigenvalue weighted by atomic mass is 32.2. The molecule has 5 nitrogen and oxygen atoms in total. The maximum absolute atomic E-state index is 12.0. The van der Waals surface area contributed by atoms with Crippen molar-refractivity contribution in [3.8, 4) is 17.5 Å². The maximum Gasteiger partial charge on any atom is 0.230 e. The van der Waals surface area contributed by atoms with E-state index in [0.29, 0.717) is 28.1 Å². The molecule has 0 unspecified atom stereocenters. The van der Waals surface area contributed by atoms with Crippen LogP contribution in [0.1, 0.15) is 31.2 Å². The van der Waals surface area contributed by atoms with Crippen molar-refractivity contribution in [2.75, 3.05) is 5.75 Å². The lowest BCUT2D eigenvalue weighted by Crippen LogP contribution is -2.33. The van der Waals surface area contributed by atoms with E-state index in [1.54, 1.807) is 24.5 Å². The molecule has 2 aromatic heterocycles. The molecule has 0 bridgehead atoms. The number of pyridine rings is 1. The lowest BCUT2D eigenvalue weighted by Gasteiger charge is -2.11. The minimum atomic E-state index is -0.00371. The number of hydrogen-bond donors (Lipinski definition) is 1. The van der Waals surface area contributed by atoms with Crippen molar-refractivity contribution >= 4 is 17.7 Å². The summed E-state index contributed by atoms with van der Waals surface area (Å²) in [5.41, 5.74) is 1.13. The molecule has 118 valence electrons. The van der Waals surface area contributed by atoms with E-state index in [1.807, 2.05) is 6.07 Å². The summed E-state index contributed by atoms with van der Waals surface area (Å²) in [6, 6.07) is 9.49. The normalized spacial score (nSPS) is 14.6. The van der Waals surface area contributed by atoms with Gasteiger partial charge in [-0.2, -0.15) is 5.26 Å². The Morgan fingerprint density at radius 3 is 2.91 bits per heavy atom. The van der Waals surface area contributed by atoms with Crippen LogP contribution in [0, 0.1) is 11.3 Å².